The van der Waals surface area contributed by atoms with Crippen molar-refractivity contribution in [1.82, 2.24) is 14.8 Å². The van der Waals surface area contributed by atoms with Crippen molar-refractivity contribution in [3.63, 3.8) is 0 Å². The normalized spacial score (nSPS) is 21.8. The molecule has 4 rings (SSSR count). The summed E-state index contributed by atoms with van der Waals surface area (Å²) in [6, 6.07) is 9.99. The molecule has 0 bridgehead atoms. The van der Waals surface area contributed by atoms with Gasteiger partial charge in [-0.25, -0.2) is 26.9 Å². The molecular weight excluding hydrogens is 412 g/mol. The summed E-state index contributed by atoms with van der Waals surface area (Å²) in [7, 11) is -3.54. The van der Waals surface area contributed by atoms with Crippen LogP contribution in [0, 0.1) is 24.5 Å². The van der Waals surface area contributed by atoms with Crippen LogP contribution in [0.15, 0.2) is 60.0 Å². The summed E-state index contributed by atoms with van der Waals surface area (Å²) in [5, 5.41) is 4.06. The molecule has 0 amide bonds. The molecule has 1 aromatic heterocycles. The maximum absolute atomic E-state index is 14.7. The largest absolute Gasteiger partial charge is 0.368 e. The summed E-state index contributed by atoms with van der Waals surface area (Å²) in [4.78, 5) is 4.14. The number of nitrogens with zero attached hydrogens (tertiary/aromatic N) is 3. The number of benzene rings is 2. The van der Waals surface area contributed by atoms with Crippen LogP contribution in [0.1, 0.15) is 17.5 Å². The Bertz CT molecular complexity index is 1130. The lowest BCUT2D eigenvalue weighted by atomic mass is 9.87. The fraction of sp³-hybridized carbons (Fsp3) is 0.333. The van der Waals surface area contributed by atoms with E-state index in [1.165, 1.54) is 29.5 Å². The van der Waals surface area contributed by atoms with E-state index in [1.54, 1.807) is 24.3 Å². The molecule has 6 nitrogen and oxygen atoms in total. The Morgan fingerprint density at radius 1 is 1.20 bits per heavy atom. The summed E-state index contributed by atoms with van der Waals surface area (Å²) in [5.41, 5.74) is -0.0229. The summed E-state index contributed by atoms with van der Waals surface area (Å²) < 4.78 is 61.4. The summed E-state index contributed by atoms with van der Waals surface area (Å²) in [6.07, 6.45) is 3.08. The lowest BCUT2D eigenvalue weighted by Crippen LogP contribution is -2.33. The molecular formula is C21H21F2N3O3S. The third kappa shape index (κ3) is 4.13. The van der Waals surface area contributed by atoms with Gasteiger partial charge < -0.3 is 4.74 Å². The highest BCUT2D eigenvalue weighted by atomic mass is 32.2. The van der Waals surface area contributed by atoms with Crippen molar-refractivity contribution in [3.8, 4) is 0 Å². The van der Waals surface area contributed by atoms with Crippen LogP contribution in [0.2, 0.25) is 0 Å². The number of hydrogen-bond donors (Lipinski definition) is 0. The molecule has 9 heteroatoms. The van der Waals surface area contributed by atoms with E-state index in [9.17, 15) is 17.2 Å². The fourth-order valence-electron chi connectivity index (χ4n) is 3.94. The van der Waals surface area contributed by atoms with Crippen LogP contribution in [-0.4, -0.2) is 35.5 Å². The van der Waals surface area contributed by atoms with E-state index < -0.39 is 27.1 Å². The van der Waals surface area contributed by atoms with Crippen molar-refractivity contribution in [2.24, 2.45) is 5.92 Å². The molecule has 0 unspecified atom stereocenters. The van der Waals surface area contributed by atoms with Gasteiger partial charge in [0.2, 0.25) is 0 Å². The van der Waals surface area contributed by atoms with Crippen molar-refractivity contribution in [2.75, 3.05) is 12.4 Å². The second-order valence-electron chi connectivity index (χ2n) is 7.69. The first kappa shape index (κ1) is 20.6. The predicted molar refractivity (Wildman–Crippen MR) is 105 cm³/mol. The highest BCUT2D eigenvalue weighted by Crippen LogP contribution is 2.42. The molecule has 0 aliphatic carbocycles. The SMILES string of the molecule is Cc1ccc(S(=O)(=O)C[C@@H]2CO[C@@](Cn3cncn3)(c3ccc(F)cc3F)C2)cc1. The van der Waals surface area contributed by atoms with Crippen LogP contribution in [0.5, 0.6) is 0 Å². The van der Waals surface area contributed by atoms with Gasteiger partial charge in [-0.2, -0.15) is 5.10 Å². The van der Waals surface area contributed by atoms with Crippen molar-refractivity contribution in [1.29, 1.82) is 0 Å². The van der Waals surface area contributed by atoms with Crippen molar-refractivity contribution in [3.05, 3.63) is 77.9 Å². The smallest absolute Gasteiger partial charge is 0.178 e. The highest BCUT2D eigenvalue weighted by molar-refractivity contribution is 7.91. The number of rotatable bonds is 6. The minimum absolute atomic E-state index is 0.127. The van der Waals surface area contributed by atoms with Gasteiger partial charge in [-0.1, -0.05) is 23.8 Å². The van der Waals surface area contributed by atoms with Crippen molar-refractivity contribution in [2.45, 2.75) is 30.4 Å². The van der Waals surface area contributed by atoms with E-state index in [1.807, 2.05) is 6.92 Å². The van der Waals surface area contributed by atoms with E-state index in [-0.39, 0.29) is 41.7 Å². The monoisotopic (exact) mass is 433 g/mol. The van der Waals surface area contributed by atoms with Gasteiger partial charge >= 0.3 is 0 Å². The van der Waals surface area contributed by atoms with Gasteiger partial charge in [0.25, 0.3) is 0 Å². The zero-order valence-corrected chi connectivity index (χ0v) is 17.1. The quantitative estimate of drug-likeness (QED) is 0.597. The Kier molecular flexibility index (Phi) is 5.42. The third-order valence-electron chi connectivity index (χ3n) is 5.35. The maximum atomic E-state index is 14.7. The van der Waals surface area contributed by atoms with E-state index >= 15 is 0 Å². The van der Waals surface area contributed by atoms with Crippen LogP contribution < -0.4 is 0 Å². The molecule has 2 heterocycles. The lowest BCUT2D eigenvalue weighted by molar-refractivity contribution is -0.0203. The third-order valence-corrected chi connectivity index (χ3v) is 7.26. The van der Waals surface area contributed by atoms with Gasteiger partial charge in [0, 0.05) is 11.6 Å². The molecule has 3 aromatic rings. The zero-order valence-electron chi connectivity index (χ0n) is 16.3. The molecule has 1 aliphatic heterocycles. The van der Waals surface area contributed by atoms with Gasteiger partial charge in [-0.3, -0.25) is 0 Å². The Morgan fingerprint density at radius 3 is 2.63 bits per heavy atom. The molecule has 1 saturated heterocycles. The molecule has 0 N–H and O–H groups in total. The molecule has 158 valence electrons. The summed E-state index contributed by atoms with van der Waals surface area (Å²) in [5.74, 6) is -1.91. The molecule has 1 aliphatic rings. The van der Waals surface area contributed by atoms with Gasteiger partial charge in [0.15, 0.2) is 9.84 Å². The van der Waals surface area contributed by atoms with Gasteiger partial charge in [0.1, 0.15) is 29.9 Å². The molecule has 2 aromatic carbocycles. The maximum Gasteiger partial charge on any atom is 0.178 e. The number of halogens is 2. The number of ether oxygens (including phenoxy) is 1. The van der Waals surface area contributed by atoms with Crippen LogP contribution >= 0.6 is 0 Å². The molecule has 1 fully saturated rings. The van der Waals surface area contributed by atoms with E-state index in [0.717, 1.165) is 11.6 Å². The minimum Gasteiger partial charge on any atom is -0.368 e. The Labute approximate surface area is 173 Å². The molecule has 2 atom stereocenters. The predicted octanol–water partition coefficient (Wildman–Crippen LogP) is 3.27. The van der Waals surface area contributed by atoms with Crippen molar-refractivity contribution >= 4 is 9.84 Å². The summed E-state index contributed by atoms with van der Waals surface area (Å²) >= 11 is 0. The van der Waals surface area contributed by atoms with Crippen LogP contribution in [-0.2, 0) is 26.7 Å². The first-order valence-corrected chi connectivity index (χ1v) is 11.1. The van der Waals surface area contributed by atoms with E-state index in [2.05, 4.69) is 10.1 Å². The standard InChI is InChI=1S/C21H21F2N3O3S/c1-15-2-5-18(6-3-15)30(27,28)11-16-9-21(29-10-16,12-26-14-24-13-25-26)19-7-4-17(22)8-20(19)23/h2-8,13-14,16H,9-12H2,1H3/t16-,21-/m0/s1. The first-order valence-electron chi connectivity index (χ1n) is 9.49. The van der Waals surface area contributed by atoms with Gasteiger partial charge in [-0.05, 0) is 37.5 Å². The van der Waals surface area contributed by atoms with Gasteiger partial charge in [0.05, 0.1) is 23.8 Å². The zero-order chi connectivity index (χ0) is 21.4. The van der Waals surface area contributed by atoms with E-state index in [4.69, 9.17) is 4.74 Å². The average molecular weight is 433 g/mol. The van der Waals surface area contributed by atoms with E-state index in [0.29, 0.717) is 0 Å². The topological polar surface area (TPSA) is 74.1 Å². The molecule has 0 radical (unpaired) electrons. The highest BCUT2D eigenvalue weighted by Gasteiger charge is 2.45. The molecule has 30 heavy (non-hydrogen) atoms. The number of hydrogen-bond acceptors (Lipinski definition) is 5. The van der Waals surface area contributed by atoms with Gasteiger partial charge in [-0.15, -0.1) is 0 Å². The lowest BCUT2D eigenvalue weighted by Gasteiger charge is -2.29. The van der Waals surface area contributed by atoms with Crippen molar-refractivity contribution < 1.29 is 21.9 Å². The van der Waals surface area contributed by atoms with Crippen LogP contribution in [0.4, 0.5) is 8.78 Å². The summed E-state index contributed by atoms with van der Waals surface area (Å²) in [6.45, 7) is 2.16. The second kappa shape index (κ2) is 7.88. The van der Waals surface area contributed by atoms with Crippen LogP contribution in [0.25, 0.3) is 0 Å². The second-order valence-corrected chi connectivity index (χ2v) is 9.72. The number of sulfone groups is 1. The Balaban J connectivity index is 1.62. The molecule has 0 spiro atoms. The fourth-order valence-corrected chi connectivity index (χ4v) is 5.52. The first-order chi connectivity index (χ1) is 14.3. The number of aromatic nitrogens is 3. The number of aryl methyl sites for hydroxylation is 1. The minimum atomic E-state index is -3.54. The average Bonchev–Trinajstić information content (AvgIpc) is 3.32. The Hall–Kier alpha value is -2.65. The Morgan fingerprint density at radius 2 is 1.97 bits per heavy atom. The van der Waals surface area contributed by atoms with Crippen LogP contribution in [0.3, 0.4) is 0 Å². The molecule has 0 saturated carbocycles.